The summed E-state index contributed by atoms with van der Waals surface area (Å²) < 4.78 is 3.30. The summed E-state index contributed by atoms with van der Waals surface area (Å²) in [5.41, 5.74) is 0.309. The second kappa shape index (κ2) is 6.08. The average Bonchev–Trinajstić information content (AvgIpc) is 3.06. The maximum absolute atomic E-state index is 12.3. The number of nitrogens with one attached hydrogen (secondary N) is 1. The SMILES string of the molecule is C=CCC(NC(=O)c1cnn(C)c1-n1cccc1)C(=O)O. The molecule has 0 aliphatic rings. The number of aromatic nitrogens is 3. The summed E-state index contributed by atoms with van der Waals surface area (Å²) in [5, 5.41) is 15.6. The van der Waals surface area contributed by atoms with Crippen LogP contribution in [0.1, 0.15) is 16.8 Å². The highest BCUT2D eigenvalue weighted by Gasteiger charge is 2.23. The van der Waals surface area contributed by atoms with Gasteiger partial charge in [-0.3, -0.25) is 9.48 Å². The van der Waals surface area contributed by atoms with Crippen LogP contribution in [0.15, 0.2) is 43.4 Å². The maximum Gasteiger partial charge on any atom is 0.326 e. The van der Waals surface area contributed by atoms with Crippen molar-refractivity contribution in [2.24, 2.45) is 7.05 Å². The van der Waals surface area contributed by atoms with Crippen molar-refractivity contribution < 1.29 is 14.7 Å². The summed E-state index contributed by atoms with van der Waals surface area (Å²) in [6.45, 7) is 3.49. The highest BCUT2D eigenvalue weighted by atomic mass is 16.4. The van der Waals surface area contributed by atoms with Crippen LogP contribution in [0.5, 0.6) is 0 Å². The summed E-state index contributed by atoms with van der Waals surface area (Å²) in [4.78, 5) is 23.4. The van der Waals surface area contributed by atoms with E-state index in [2.05, 4.69) is 17.0 Å². The number of amides is 1. The normalized spacial score (nSPS) is 11.9. The summed E-state index contributed by atoms with van der Waals surface area (Å²) in [5.74, 6) is -1.02. The zero-order chi connectivity index (χ0) is 15.4. The second-order valence-electron chi connectivity index (χ2n) is 4.48. The van der Waals surface area contributed by atoms with Gasteiger partial charge in [-0.1, -0.05) is 6.08 Å². The zero-order valence-electron chi connectivity index (χ0n) is 11.6. The van der Waals surface area contributed by atoms with Gasteiger partial charge in [0.1, 0.15) is 17.4 Å². The van der Waals surface area contributed by atoms with Crippen molar-refractivity contribution in [1.29, 1.82) is 0 Å². The van der Waals surface area contributed by atoms with Gasteiger partial charge in [0.15, 0.2) is 0 Å². The molecule has 0 radical (unpaired) electrons. The summed E-state index contributed by atoms with van der Waals surface area (Å²) >= 11 is 0. The molecule has 0 saturated carbocycles. The Labute approximate surface area is 121 Å². The van der Waals surface area contributed by atoms with E-state index in [0.29, 0.717) is 11.4 Å². The minimum Gasteiger partial charge on any atom is -0.480 e. The van der Waals surface area contributed by atoms with Crippen molar-refractivity contribution in [1.82, 2.24) is 19.7 Å². The first-order chi connectivity index (χ1) is 10.0. The Morgan fingerprint density at radius 3 is 2.71 bits per heavy atom. The molecule has 2 rings (SSSR count). The molecule has 2 aromatic heterocycles. The van der Waals surface area contributed by atoms with E-state index in [0.717, 1.165) is 0 Å². The van der Waals surface area contributed by atoms with E-state index in [9.17, 15) is 9.59 Å². The van der Waals surface area contributed by atoms with Gasteiger partial charge in [-0.05, 0) is 18.6 Å². The van der Waals surface area contributed by atoms with Crippen LogP contribution in [-0.2, 0) is 11.8 Å². The van der Waals surface area contributed by atoms with Gasteiger partial charge in [-0.2, -0.15) is 5.10 Å². The number of carbonyl (C=O) groups is 2. The van der Waals surface area contributed by atoms with Gasteiger partial charge in [-0.15, -0.1) is 6.58 Å². The molecule has 0 aliphatic carbocycles. The third-order valence-corrected chi connectivity index (χ3v) is 3.01. The predicted octanol–water partition coefficient (Wildman–Crippen LogP) is 0.970. The highest BCUT2D eigenvalue weighted by molar-refractivity contribution is 5.99. The fourth-order valence-electron chi connectivity index (χ4n) is 2.00. The molecule has 2 heterocycles. The number of carboxylic acid groups (broad SMARTS) is 1. The van der Waals surface area contributed by atoms with Crippen LogP contribution in [0.4, 0.5) is 0 Å². The van der Waals surface area contributed by atoms with E-state index >= 15 is 0 Å². The van der Waals surface area contributed by atoms with E-state index in [-0.39, 0.29) is 6.42 Å². The molecule has 0 aliphatic heterocycles. The van der Waals surface area contributed by atoms with Gasteiger partial charge in [0, 0.05) is 19.4 Å². The molecule has 0 bridgehead atoms. The third-order valence-electron chi connectivity index (χ3n) is 3.01. The van der Waals surface area contributed by atoms with E-state index < -0.39 is 17.9 Å². The van der Waals surface area contributed by atoms with Crippen LogP contribution >= 0.6 is 0 Å². The topological polar surface area (TPSA) is 89.2 Å². The molecule has 1 atom stereocenters. The van der Waals surface area contributed by atoms with Crippen LogP contribution in [0.2, 0.25) is 0 Å². The quantitative estimate of drug-likeness (QED) is 0.775. The van der Waals surface area contributed by atoms with Crippen molar-refractivity contribution in [2.45, 2.75) is 12.5 Å². The molecule has 7 nitrogen and oxygen atoms in total. The average molecular weight is 288 g/mol. The summed E-state index contributed by atoms with van der Waals surface area (Å²) in [6, 6.07) is 2.64. The minimum atomic E-state index is -1.10. The number of rotatable bonds is 6. The number of carbonyl (C=O) groups excluding carboxylic acids is 1. The molecule has 2 N–H and O–H groups in total. The van der Waals surface area contributed by atoms with Gasteiger partial charge in [-0.25, -0.2) is 4.79 Å². The molecular formula is C14H16N4O3. The molecule has 0 saturated heterocycles. The monoisotopic (exact) mass is 288 g/mol. The number of aryl methyl sites for hydroxylation is 1. The second-order valence-corrected chi connectivity index (χ2v) is 4.48. The molecule has 1 unspecified atom stereocenters. The molecule has 0 spiro atoms. The lowest BCUT2D eigenvalue weighted by atomic mass is 10.2. The Morgan fingerprint density at radius 1 is 1.48 bits per heavy atom. The first-order valence-electron chi connectivity index (χ1n) is 6.34. The lowest BCUT2D eigenvalue weighted by Crippen LogP contribution is -2.40. The summed E-state index contributed by atoms with van der Waals surface area (Å²) in [7, 11) is 1.71. The van der Waals surface area contributed by atoms with Gasteiger partial charge in [0.05, 0.1) is 6.20 Å². The fourth-order valence-corrected chi connectivity index (χ4v) is 2.00. The van der Waals surface area contributed by atoms with Crippen LogP contribution in [-0.4, -0.2) is 37.4 Å². The van der Waals surface area contributed by atoms with Crippen LogP contribution in [0.3, 0.4) is 0 Å². The Balaban J connectivity index is 2.28. The van der Waals surface area contributed by atoms with Crippen molar-refractivity contribution in [2.75, 3.05) is 0 Å². The molecule has 7 heteroatoms. The third kappa shape index (κ3) is 3.02. The van der Waals surface area contributed by atoms with E-state index in [1.807, 2.05) is 12.1 Å². The molecule has 110 valence electrons. The minimum absolute atomic E-state index is 0.153. The van der Waals surface area contributed by atoms with Crippen LogP contribution in [0.25, 0.3) is 5.82 Å². The Hall–Kier alpha value is -2.83. The van der Waals surface area contributed by atoms with Crippen molar-refractivity contribution in [3.63, 3.8) is 0 Å². The number of carboxylic acids is 1. The lowest BCUT2D eigenvalue weighted by molar-refractivity contribution is -0.139. The molecule has 21 heavy (non-hydrogen) atoms. The van der Waals surface area contributed by atoms with E-state index in [1.165, 1.54) is 12.3 Å². The standard InChI is InChI=1S/C14H16N4O3/c1-3-6-11(14(20)21)16-12(19)10-9-15-17(2)13(10)18-7-4-5-8-18/h3-5,7-9,11H,1,6H2,2H3,(H,16,19)(H,20,21). The van der Waals surface area contributed by atoms with E-state index in [1.54, 1.807) is 28.7 Å². The van der Waals surface area contributed by atoms with Crippen molar-refractivity contribution in [3.05, 3.63) is 48.9 Å². The first-order valence-corrected chi connectivity index (χ1v) is 6.34. The molecule has 2 aromatic rings. The maximum atomic E-state index is 12.3. The summed E-state index contributed by atoms with van der Waals surface area (Å²) in [6.07, 6.45) is 6.59. The molecule has 1 amide bonds. The molecular weight excluding hydrogens is 272 g/mol. The van der Waals surface area contributed by atoms with E-state index in [4.69, 9.17) is 5.11 Å². The van der Waals surface area contributed by atoms with Gasteiger partial charge >= 0.3 is 5.97 Å². The van der Waals surface area contributed by atoms with Crippen LogP contribution < -0.4 is 5.32 Å². The van der Waals surface area contributed by atoms with Gasteiger partial charge < -0.3 is 15.0 Å². The number of hydrogen-bond donors (Lipinski definition) is 2. The largest absolute Gasteiger partial charge is 0.480 e. The van der Waals surface area contributed by atoms with Crippen molar-refractivity contribution >= 4 is 11.9 Å². The molecule has 0 fully saturated rings. The number of aliphatic carboxylic acids is 1. The highest BCUT2D eigenvalue weighted by Crippen LogP contribution is 2.14. The number of hydrogen-bond acceptors (Lipinski definition) is 3. The zero-order valence-corrected chi connectivity index (χ0v) is 11.6. The van der Waals surface area contributed by atoms with Crippen molar-refractivity contribution in [3.8, 4) is 5.82 Å². The van der Waals surface area contributed by atoms with Crippen LogP contribution in [0, 0.1) is 0 Å². The Kier molecular flexibility index (Phi) is 4.22. The fraction of sp³-hybridized carbons (Fsp3) is 0.214. The smallest absolute Gasteiger partial charge is 0.326 e. The molecule has 0 aromatic carbocycles. The predicted molar refractivity (Wildman–Crippen MR) is 76.2 cm³/mol. The first kappa shape index (κ1) is 14.6. The Bertz CT molecular complexity index is 658. The van der Waals surface area contributed by atoms with Gasteiger partial charge in [0.2, 0.25) is 0 Å². The lowest BCUT2D eigenvalue weighted by Gasteiger charge is -2.13. The van der Waals surface area contributed by atoms with Gasteiger partial charge in [0.25, 0.3) is 5.91 Å². The Morgan fingerprint density at radius 2 is 2.14 bits per heavy atom. The number of nitrogens with zero attached hydrogens (tertiary/aromatic N) is 3.